The normalized spacial score (nSPS) is 37.9. The van der Waals surface area contributed by atoms with Crippen molar-refractivity contribution < 1.29 is 5.11 Å². The van der Waals surface area contributed by atoms with E-state index in [2.05, 4.69) is 18.7 Å². The third-order valence-electron chi connectivity index (χ3n) is 4.61. The van der Waals surface area contributed by atoms with Gasteiger partial charge in [-0.1, -0.05) is 33.1 Å². The van der Waals surface area contributed by atoms with E-state index in [1.807, 2.05) is 0 Å². The van der Waals surface area contributed by atoms with Gasteiger partial charge in [0.05, 0.1) is 6.10 Å². The highest BCUT2D eigenvalue weighted by Gasteiger charge is 2.33. The molecule has 0 aromatic heterocycles. The summed E-state index contributed by atoms with van der Waals surface area (Å²) >= 11 is 0. The molecule has 0 bridgehead atoms. The Bertz CT molecular complexity index is 217. The molecular weight excluding hydrogens is 198 g/mol. The minimum atomic E-state index is -0.0617. The molecule has 0 spiro atoms. The Morgan fingerprint density at radius 2 is 1.81 bits per heavy atom. The molecule has 2 rings (SSSR count). The summed E-state index contributed by atoms with van der Waals surface area (Å²) in [7, 11) is 0. The molecule has 0 aromatic rings. The summed E-state index contributed by atoms with van der Waals surface area (Å²) in [4.78, 5) is 2.57. The lowest BCUT2D eigenvalue weighted by atomic mass is 9.95. The van der Waals surface area contributed by atoms with Crippen LogP contribution in [0.5, 0.6) is 0 Å². The molecule has 2 fully saturated rings. The van der Waals surface area contributed by atoms with Gasteiger partial charge in [0.15, 0.2) is 0 Å². The quantitative estimate of drug-likeness (QED) is 0.730. The molecule has 16 heavy (non-hydrogen) atoms. The summed E-state index contributed by atoms with van der Waals surface area (Å²) in [6, 6.07) is 0.464. The van der Waals surface area contributed by atoms with Crippen LogP contribution in [0.3, 0.4) is 0 Å². The van der Waals surface area contributed by atoms with Gasteiger partial charge >= 0.3 is 0 Å². The zero-order chi connectivity index (χ0) is 11.5. The highest BCUT2D eigenvalue weighted by molar-refractivity contribution is 4.87. The maximum Gasteiger partial charge on any atom is 0.0695 e. The van der Waals surface area contributed by atoms with Crippen molar-refractivity contribution in [2.45, 2.75) is 64.5 Å². The number of hydrogen-bond donors (Lipinski definition) is 1. The molecule has 1 saturated carbocycles. The van der Waals surface area contributed by atoms with E-state index in [0.29, 0.717) is 6.04 Å². The average molecular weight is 225 g/mol. The summed E-state index contributed by atoms with van der Waals surface area (Å²) in [5.74, 6) is 1.66. The van der Waals surface area contributed by atoms with Crippen LogP contribution in [0.2, 0.25) is 0 Å². The number of likely N-dealkylation sites (tertiary alicyclic amines) is 1. The SMILES string of the molecule is CC(C)C1CCN(C2CCCCCC2O)C1. The topological polar surface area (TPSA) is 23.5 Å². The van der Waals surface area contributed by atoms with Gasteiger partial charge in [-0.3, -0.25) is 4.90 Å². The van der Waals surface area contributed by atoms with Crippen molar-refractivity contribution >= 4 is 0 Å². The van der Waals surface area contributed by atoms with Crippen LogP contribution in [0.4, 0.5) is 0 Å². The number of aliphatic hydroxyl groups excluding tert-OH is 1. The number of hydrogen-bond acceptors (Lipinski definition) is 2. The Balaban J connectivity index is 1.91. The van der Waals surface area contributed by atoms with Crippen LogP contribution in [-0.4, -0.2) is 35.2 Å². The molecule has 1 heterocycles. The second-order valence-corrected chi connectivity index (χ2v) is 6.06. The van der Waals surface area contributed by atoms with E-state index in [0.717, 1.165) is 18.3 Å². The number of nitrogens with zero attached hydrogens (tertiary/aromatic N) is 1. The second-order valence-electron chi connectivity index (χ2n) is 6.06. The van der Waals surface area contributed by atoms with Gasteiger partial charge in [-0.05, 0) is 37.6 Å². The first-order valence-electron chi connectivity index (χ1n) is 7.10. The summed E-state index contributed by atoms with van der Waals surface area (Å²) in [5, 5.41) is 10.2. The minimum absolute atomic E-state index is 0.0617. The molecule has 94 valence electrons. The van der Waals surface area contributed by atoms with Gasteiger partial charge < -0.3 is 5.11 Å². The van der Waals surface area contributed by atoms with Crippen LogP contribution in [-0.2, 0) is 0 Å². The maximum absolute atomic E-state index is 10.2. The first kappa shape index (κ1) is 12.4. The molecule has 1 N–H and O–H groups in total. The van der Waals surface area contributed by atoms with Gasteiger partial charge in [-0.25, -0.2) is 0 Å². The van der Waals surface area contributed by atoms with Crippen molar-refractivity contribution in [2.24, 2.45) is 11.8 Å². The molecular formula is C14H27NO. The molecule has 0 radical (unpaired) electrons. The van der Waals surface area contributed by atoms with E-state index in [-0.39, 0.29) is 6.10 Å². The van der Waals surface area contributed by atoms with Crippen LogP contribution in [0, 0.1) is 11.8 Å². The largest absolute Gasteiger partial charge is 0.391 e. The fourth-order valence-corrected chi connectivity index (χ4v) is 3.36. The number of rotatable bonds is 2. The lowest BCUT2D eigenvalue weighted by Gasteiger charge is -2.31. The molecule has 3 unspecified atom stereocenters. The molecule has 0 amide bonds. The molecule has 1 saturated heterocycles. The predicted molar refractivity (Wildman–Crippen MR) is 67.4 cm³/mol. The van der Waals surface area contributed by atoms with Crippen LogP contribution in [0.1, 0.15) is 52.4 Å². The zero-order valence-electron chi connectivity index (χ0n) is 10.9. The minimum Gasteiger partial charge on any atom is -0.391 e. The first-order valence-corrected chi connectivity index (χ1v) is 7.10. The lowest BCUT2D eigenvalue weighted by Crippen LogP contribution is -2.42. The van der Waals surface area contributed by atoms with Gasteiger partial charge in [0, 0.05) is 12.6 Å². The third-order valence-corrected chi connectivity index (χ3v) is 4.61. The van der Waals surface area contributed by atoms with Crippen LogP contribution >= 0.6 is 0 Å². The monoisotopic (exact) mass is 225 g/mol. The Kier molecular flexibility index (Phi) is 4.26. The van der Waals surface area contributed by atoms with Crippen LogP contribution in [0.25, 0.3) is 0 Å². The molecule has 3 atom stereocenters. The Hall–Kier alpha value is -0.0800. The van der Waals surface area contributed by atoms with Gasteiger partial charge in [-0.2, -0.15) is 0 Å². The van der Waals surface area contributed by atoms with Crippen molar-refractivity contribution in [3.8, 4) is 0 Å². The zero-order valence-corrected chi connectivity index (χ0v) is 10.9. The van der Waals surface area contributed by atoms with Crippen molar-refractivity contribution in [1.29, 1.82) is 0 Å². The van der Waals surface area contributed by atoms with Crippen molar-refractivity contribution in [1.82, 2.24) is 4.90 Å². The molecule has 2 nitrogen and oxygen atoms in total. The average Bonchev–Trinajstić information content (AvgIpc) is 2.63. The van der Waals surface area contributed by atoms with E-state index in [1.165, 1.54) is 45.2 Å². The van der Waals surface area contributed by atoms with Gasteiger partial charge in [0.25, 0.3) is 0 Å². The third kappa shape index (κ3) is 2.78. The van der Waals surface area contributed by atoms with E-state index in [1.54, 1.807) is 0 Å². The van der Waals surface area contributed by atoms with Crippen LogP contribution in [0.15, 0.2) is 0 Å². The summed E-state index contributed by atoms with van der Waals surface area (Å²) < 4.78 is 0. The summed E-state index contributed by atoms with van der Waals surface area (Å²) in [5.41, 5.74) is 0. The molecule has 2 aliphatic rings. The Morgan fingerprint density at radius 1 is 1.06 bits per heavy atom. The molecule has 2 heteroatoms. The van der Waals surface area contributed by atoms with Crippen molar-refractivity contribution in [2.75, 3.05) is 13.1 Å². The van der Waals surface area contributed by atoms with E-state index in [9.17, 15) is 5.11 Å². The Morgan fingerprint density at radius 3 is 2.50 bits per heavy atom. The fourth-order valence-electron chi connectivity index (χ4n) is 3.36. The summed E-state index contributed by atoms with van der Waals surface area (Å²) in [6.45, 7) is 7.10. The van der Waals surface area contributed by atoms with E-state index < -0.39 is 0 Å². The predicted octanol–water partition coefficient (Wildman–Crippen LogP) is 2.66. The van der Waals surface area contributed by atoms with Crippen molar-refractivity contribution in [3.63, 3.8) is 0 Å². The lowest BCUT2D eigenvalue weighted by molar-refractivity contribution is 0.0539. The first-order chi connectivity index (χ1) is 7.68. The molecule has 1 aliphatic carbocycles. The van der Waals surface area contributed by atoms with E-state index in [4.69, 9.17) is 0 Å². The highest BCUT2D eigenvalue weighted by atomic mass is 16.3. The van der Waals surface area contributed by atoms with Crippen molar-refractivity contribution in [3.05, 3.63) is 0 Å². The second kappa shape index (κ2) is 5.50. The maximum atomic E-state index is 10.2. The number of aliphatic hydroxyl groups is 1. The van der Waals surface area contributed by atoms with Crippen LogP contribution < -0.4 is 0 Å². The van der Waals surface area contributed by atoms with Gasteiger partial charge in [-0.15, -0.1) is 0 Å². The smallest absolute Gasteiger partial charge is 0.0695 e. The standard InChI is InChI=1S/C14H27NO/c1-11(2)12-8-9-15(10-12)13-6-4-3-5-7-14(13)16/h11-14,16H,3-10H2,1-2H3. The summed E-state index contributed by atoms with van der Waals surface area (Å²) in [6.07, 6.45) is 7.35. The van der Waals surface area contributed by atoms with Gasteiger partial charge in [0.1, 0.15) is 0 Å². The molecule has 0 aromatic carbocycles. The highest BCUT2D eigenvalue weighted by Crippen LogP contribution is 2.30. The Labute approximate surface area is 100 Å². The fraction of sp³-hybridized carbons (Fsp3) is 1.00. The van der Waals surface area contributed by atoms with Gasteiger partial charge in [0.2, 0.25) is 0 Å². The van der Waals surface area contributed by atoms with E-state index >= 15 is 0 Å². The molecule has 1 aliphatic heterocycles.